The molecule has 0 unspecified atom stereocenters. The highest BCUT2D eigenvalue weighted by Gasteiger charge is 2.09. The highest BCUT2D eigenvalue weighted by molar-refractivity contribution is 9.10. The normalized spacial score (nSPS) is 10.3. The van der Waals surface area contributed by atoms with Gasteiger partial charge in [0.2, 0.25) is 5.95 Å². The van der Waals surface area contributed by atoms with Crippen molar-refractivity contribution >= 4 is 39.1 Å². The average molecular weight is 408 g/mol. The number of hydrogen-bond acceptors (Lipinski definition) is 5. The highest BCUT2D eigenvalue weighted by Crippen LogP contribution is 2.27. The Morgan fingerprint density at radius 2 is 1.69 bits per heavy atom. The second-order valence-corrected chi connectivity index (χ2v) is 6.86. The number of nitrogens with zero attached hydrogens (tertiary/aromatic N) is 3. The van der Waals surface area contributed by atoms with Crippen molar-refractivity contribution in [2.75, 3.05) is 10.6 Å². The first kappa shape index (κ1) is 17.9. The molecule has 130 valence electrons. The lowest BCUT2D eigenvalue weighted by Gasteiger charge is -2.14. The fourth-order valence-electron chi connectivity index (χ4n) is 2.49. The van der Waals surface area contributed by atoms with Crippen LogP contribution in [0.25, 0.3) is 0 Å². The van der Waals surface area contributed by atoms with Crippen LogP contribution in [0.5, 0.6) is 0 Å². The Hall–Kier alpha value is -2.91. The predicted octanol–water partition coefficient (Wildman–Crippen LogP) is 5.52. The number of benzene rings is 2. The molecule has 0 amide bonds. The van der Waals surface area contributed by atoms with Crippen LogP contribution in [0.2, 0.25) is 0 Å². The van der Waals surface area contributed by atoms with Gasteiger partial charge in [-0.3, -0.25) is 0 Å². The van der Waals surface area contributed by atoms with E-state index < -0.39 is 0 Å². The Morgan fingerprint density at radius 1 is 0.962 bits per heavy atom. The summed E-state index contributed by atoms with van der Waals surface area (Å²) in [5.74, 6) is 1.16. The molecule has 0 aliphatic carbocycles. The van der Waals surface area contributed by atoms with E-state index in [1.165, 1.54) is 16.7 Å². The minimum atomic E-state index is 0.510. The third kappa shape index (κ3) is 3.84. The molecule has 1 aromatic heterocycles. The molecule has 2 aromatic carbocycles. The number of anilines is 4. The lowest BCUT2D eigenvalue weighted by Crippen LogP contribution is -2.03. The molecule has 0 saturated carbocycles. The minimum absolute atomic E-state index is 0.510. The zero-order valence-electron chi connectivity index (χ0n) is 14.8. The maximum Gasteiger partial charge on any atom is 0.229 e. The topological polar surface area (TPSA) is 73.6 Å². The van der Waals surface area contributed by atoms with Crippen molar-refractivity contribution in [3.63, 3.8) is 0 Å². The Labute approximate surface area is 161 Å². The fraction of sp³-hybridized carbons (Fsp3) is 0.150. The average Bonchev–Trinajstić information content (AvgIpc) is 2.65. The van der Waals surface area contributed by atoms with E-state index in [1.807, 2.05) is 18.2 Å². The van der Waals surface area contributed by atoms with Gasteiger partial charge in [-0.1, -0.05) is 6.07 Å². The van der Waals surface area contributed by atoms with Crippen LogP contribution in [0, 0.1) is 32.1 Å². The third-order valence-electron chi connectivity index (χ3n) is 4.33. The van der Waals surface area contributed by atoms with E-state index in [0.29, 0.717) is 17.3 Å². The summed E-state index contributed by atoms with van der Waals surface area (Å²) < 4.78 is 0.754. The van der Waals surface area contributed by atoms with Crippen LogP contribution in [-0.2, 0) is 0 Å². The Kier molecular flexibility index (Phi) is 5.19. The second-order valence-electron chi connectivity index (χ2n) is 6.01. The summed E-state index contributed by atoms with van der Waals surface area (Å²) in [7, 11) is 0. The smallest absolute Gasteiger partial charge is 0.229 e. The van der Waals surface area contributed by atoms with E-state index >= 15 is 0 Å². The Balaban J connectivity index is 1.85. The van der Waals surface area contributed by atoms with Crippen LogP contribution in [0.3, 0.4) is 0 Å². The van der Waals surface area contributed by atoms with Crippen molar-refractivity contribution in [1.82, 2.24) is 9.97 Å². The van der Waals surface area contributed by atoms with Crippen LogP contribution in [0.1, 0.15) is 22.3 Å². The zero-order valence-corrected chi connectivity index (χ0v) is 16.3. The minimum Gasteiger partial charge on any atom is -0.339 e. The number of rotatable bonds is 4. The summed E-state index contributed by atoms with van der Waals surface area (Å²) in [6, 6.07) is 13.4. The van der Waals surface area contributed by atoms with Gasteiger partial charge >= 0.3 is 0 Å². The Bertz CT molecular complexity index is 990. The van der Waals surface area contributed by atoms with Crippen molar-refractivity contribution < 1.29 is 0 Å². The second kappa shape index (κ2) is 7.54. The monoisotopic (exact) mass is 407 g/mol. The molecule has 3 rings (SSSR count). The van der Waals surface area contributed by atoms with E-state index in [0.717, 1.165) is 15.8 Å². The van der Waals surface area contributed by atoms with Gasteiger partial charge in [-0.2, -0.15) is 10.2 Å². The van der Waals surface area contributed by atoms with Gasteiger partial charge in [0, 0.05) is 17.6 Å². The van der Waals surface area contributed by atoms with Crippen molar-refractivity contribution in [1.29, 1.82) is 5.26 Å². The first-order valence-electron chi connectivity index (χ1n) is 8.11. The number of hydrogen-bond donors (Lipinski definition) is 2. The van der Waals surface area contributed by atoms with E-state index in [-0.39, 0.29) is 0 Å². The zero-order chi connectivity index (χ0) is 18.7. The van der Waals surface area contributed by atoms with Crippen molar-refractivity contribution in [2.24, 2.45) is 0 Å². The molecule has 3 aromatic rings. The fourth-order valence-corrected chi connectivity index (χ4v) is 2.78. The molecule has 1 heterocycles. The number of nitrogens with one attached hydrogen (secondary N) is 2. The predicted molar refractivity (Wildman–Crippen MR) is 108 cm³/mol. The molecule has 5 nitrogen and oxygen atoms in total. The van der Waals surface area contributed by atoms with Crippen molar-refractivity contribution in [2.45, 2.75) is 20.8 Å². The standard InChI is InChI=1S/C20H18BrN5/c1-12-4-9-18(14(3)13(12)2)25-20-23-11-17(21)19(26-20)24-16-7-5-15(10-22)6-8-16/h4-9,11H,1-3H3,(H2,23,24,25,26). The van der Waals surface area contributed by atoms with Gasteiger partial charge in [0.15, 0.2) is 0 Å². The van der Waals surface area contributed by atoms with E-state index in [9.17, 15) is 0 Å². The van der Waals surface area contributed by atoms with Gasteiger partial charge in [-0.15, -0.1) is 0 Å². The maximum atomic E-state index is 8.89. The number of halogens is 1. The number of nitriles is 1. The first-order valence-corrected chi connectivity index (χ1v) is 8.91. The Morgan fingerprint density at radius 3 is 2.38 bits per heavy atom. The summed E-state index contributed by atoms with van der Waals surface area (Å²) in [6.07, 6.45) is 1.71. The molecule has 0 spiro atoms. The van der Waals surface area contributed by atoms with Crippen LogP contribution in [-0.4, -0.2) is 9.97 Å². The van der Waals surface area contributed by atoms with Crippen LogP contribution < -0.4 is 10.6 Å². The molecule has 2 N–H and O–H groups in total. The molecular formula is C20H18BrN5. The third-order valence-corrected chi connectivity index (χ3v) is 4.91. The molecule has 0 radical (unpaired) electrons. The van der Waals surface area contributed by atoms with E-state index in [1.54, 1.807) is 18.3 Å². The highest BCUT2D eigenvalue weighted by atomic mass is 79.9. The molecular weight excluding hydrogens is 390 g/mol. The molecule has 0 aliphatic heterocycles. The van der Waals surface area contributed by atoms with Gasteiger partial charge in [0.05, 0.1) is 16.1 Å². The van der Waals surface area contributed by atoms with E-state index in [2.05, 4.69) is 69.4 Å². The first-order chi connectivity index (χ1) is 12.5. The molecule has 0 bridgehead atoms. The molecule has 0 saturated heterocycles. The summed E-state index contributed by atoms with van der Waals surface area (Å²) in [4.78, 5) is 8.90. The number of aryl methyl sites for hydroxylation is 1. The van der Waals surface area contributed by atoms with Crippen LogP contribution in [0.4, 0.5) is 23.1 Å². The lowest BCUT2D eigenvalue weighted by atomic mass is 10.0. The van der Waals surface area contributed by atoms with Gasteiger partial charge in [-0.05, 0) is 83.7 Å². The largest absolute Gasteiger partial charge is 0.339 e. The lowest BCUT2D eigenvalue weighted by molar-refractivity contribution is 1.14. The summed E-state index contributed by atoms with van der Waals surface area (Å²) >= 11 is 3.47. The quantitative estimate of drug-likeness (QED) is 0.595. The molecule has 0 atom stereocenters. The molecule has 6 heteroatoms. The maximum absolute atomic E-state index is 8.89. The van der Waals surface area contributed by atoms with Gasteiger partial charge in [0.1, 0.15) is 5.82 Å². The molecule has 0 aliphatic rings. The van der Waals surface area contributed by atoms with Crippen molar-refractivity contribution in [3.8, 4) is 6.07 Å². The van der Waals surface area contributed by atoms with Crippen LogP contribution >= 0.6 is 15.9 Å². The van der Waals surface area contributed by atoms with Crippen molar-refractivity contribution in [3.05, 3.63) is 69.3 Å². The van der Waals surface area contributed by atoms with Gasteiger partial charge in [0.25, 0.3) is 0 Å². The van der Waals surface area contributed by atoms with E-state index in [4.69, 9.17) is 5.26 Å². The van der Waals surface area contributed by atoms with Crippen LogP contribution in [0.15, 0.2) is 47.1 Å². The summed E-state index contributed by atoms with van der Waals surface area (Å²) in [5, 5.41) is 15.4. The molecule has 0 fully saturated rings. The van der Waals surface area contributed by atoms with Gasteiger partial charge in [-0.25, -0.2) is 4.98 Å². The number of aromatic nitrogens is 2. The van der Waals surface area contributed by atoms with Gasteiger partial charge < -0.3 is 10.6 Å². The SMILES string of the molecule is Cc1ccc(Nc2ncc(Br)c(Nc3ccc(C#N)cc3)n2)c(C)c1C. The molecule has 26 heavy (non-hydrogen) atoms. The summed E-state index contributed by atoms with van der Waals surface area (Å²) in [5.41, 5.74) is 6.13. The summed E-state index contributed by atoms with van der Waals surface area (Å²) in [6.45, 7) is 6.29.